The van der Waals surface area contributed by atoms with E-state index in [1.54, 1.807) is 0 Å². The van der Waals surface area contributed by atoms with E-state index in [0.717, 1.165) is 0 Å². The highest BCUT2D eigenvalue weighted by Crippen LogP contribution is 2.21. The van der Waals surface area contributed by atoms with Crippen molar-refractivity contribution in [3.63, 3.8) is 0 Å². The van der Waals surface area contributed by atoms with Crippen molar-refractivity contribution >= 4 is 23.2 Å². The van der Waals surface area contributed by atoms with Crippen LogP contribution in [0.3, 0.4) is 0 Å². The number of rotatable bonds is 5. The molecule has 0 bridgehead atoms. The molecule has 6 heteroatoms. The maximum Gasteiger partial charge on any atom is 0.241 e. The van der Waals surface area contributed by atoms with Crippen molar-refractivity contribution in [1.82, 2.24) is 0 Å². The highest BCUT2D eigenvalue weighted by atomic mass is 35.5. The third-order valence-corrected chi connectivity index (χ3v) is 1.34. The zero-order chi connectivity index (χ0) is 8.91. The van der Waals surface area contributed by atoms with Gasteiger partial charge < -0.3 is 20.1 Å². The maximum absolute atomic E-state index is 8.74. The first kappa shape index (κ1) is 11.4. The lowest BCUT2D eigenvalue weighted by atomic mass is 10.4. The molecule has 0 aliphatic heterocycles. The summed E-state index contributed by atoms with van der Waals surface area (Å²) in [5, 5.41) is 25.5. The molecule has 4 nitrogen and oxygen atoms in total. The number of ether oxygens (including phenoxy) is 1. The standard InChI is InChI=1S/C5H10Cl2O4/c6-5(7,3-9)11-2-4(10)1-8/h4,8-10H,1-3H2. The minimum atomic E-state index is -1.70. The molecule has 0 heterocycles. The van der Waals surface area contributed by atoms with Crippen LogP contribution in [0.1, 0.15) is 0 Å². The van der Waals surface area contributed by atoms with Gasteiger partial charge in [-0.1, -0.05) is 23.2 Å². The van der Waals surface area contributed by atoms with Crippen LogP contribution in [0.2, 0.25) is 0 Å². The molecular formula is C5H10Cl2O4. The minimum absolute atomic E-state index is 0.218. The Balaban J connectivity index is 3.52. The Kier molecular flexibility index (Phi) is 5.33. The molecule has 3 N–H and O–H groups in total. The molecule has 0 aliphatic rings. The van der Waals surface area contributed by atoms with E-state index in [1.807, 2.05) is 0 Å². The summed E-state index contributed by atoms with van der Waals surface area (Å²) in [5.74, 6) is 0. The van der Waals surface area contributed by atoms with Crippen molar-refractivity contribution in [3.05, 3.63) is 0 Å². The zero-order valence-electron chi connectivity index (χ0n) is 5.70. The van der Waals surface area contributed by atoms with Crippen LogP contribution in [-0.2, 0) is 4.74 Å². The van der Waals surface area contributed by atoms with Gasteiger partial charge in [0.25, 0.3) is 0 Å². The van der Waals surface area contributed by atoms with E-state index in [0.29, 0.717) is 0 Å². The molecule has 0 aliphatic carbocycles. The third kappa shape index (κ3) is 5.66. The van der Waals surface area contributed by atoms with Gasteiger partial charge in [-0.25, -0.2) is 0 Å². The normalized spacial score (nSPS) is 15.0. The maximum atomic E-state index is 8.74. The molecule has 0 amide bonds. The Morgan fingerprint density at radius 2 is 1.91 bits per heavy atom. The molecule has 0 fully saturated rings. The van der Waals surface area contributed by atoms with Crippen molar-refractivity contribution in [1.29, 1.82) is 0 Å². The highest BCUT2D eigenvalue weighted by molar-refractivity contribution is 6.47. The number of aliphatic hydroxyl groups excluding tert-OH is 3. The first-order valence-electron chi connectivity index (χ1n) is 2.93. The van der Waals surface area contributed by atoms with Crippen molar-refractivity contribution in [2.45, 2.75) is 10.6 Å². The summed E-state index contributed by atoms with van der Waals surface area (Å²) in [6, 6.07) is 0. The first-order valence-corrected chi connectivity index (χ1v) is 3.69. The van der Waals surface area contributed by atoms with Crippen LogP contribution in [0.25, 0.3) is 0 Å². The van der Waals surface area contributed by atoms with Gasteiger partial charge in [-0.15, -0.1) is 0 Å². The molecule has 0 radical (unpaired) electrons. The number of hydrogen-bond donors (Lipinski definition) is 3. The van der Waals surface area contributed by atoms with Crippen molar-refractivity contribution in [3.8, 4) is 0 Å². The van der Waals surface area contributed by atoms with E-state index in [9.17, 15) is 0 Å². The van der Waals surface area contributed by atoms with Crippen LogP contribution in [0.5, 0.6) is 0 Å². The van der Waals surface area contributed by atoms with Gasteiger partial charge in [0.1, 0.15) is 12.7 Å². The van der Waals surface area contributed by atoms with Gasteiger partial charge >= 0.3 is 0 Å². The lowest BCUT2D eigenvalue weighted by molar-refractivity contribution is -0.0330. The smallest absolute Gasteiger partial charge is 0.241 e. The fourth-order valence-corrected chi connectivity index (χ4v) is 0.442. The molecule has 0 aromatic carbocycles. The molecule has 0 saturated heterocycles. The fourth-order valence-electron chi connectivity index (χ4n) is 0.316. The number of hydrogen-bond acceptors (Lipinski definition) is 4. The van der Waals surface area contributed by atoms with E-state index < -0.39 is 23.8 Å². The zero-order valence-corrected chi connectivity index (χ0v) is 7.22. The van der Waals surface area contributed by atoms with Crippen LogP contribution >= 0.6 is 23.2 Å². The monoisotopic (exact) mass is 204 g/mol. The van der Waals surface area contributed by atoms with Crippen LogP contribution in [0.15, 0.2) is 0 Å². The van der Waals surface area contributed by atoms with Crippen molar-refractivity contribution in [2.75, 3.05) is 19.8 Å². The highest BCUT2D eigenvalue weighted by Gasteiger charge is 2.24. The Hall–Kier alpha value is 0.420. The average Bonchev–Trinajstić information content (AvgIpc) is 2.00. The molecule has 1 unspecified atom stereocenters. The summed E-state index contributed by atoms with van der Waals surface area (Å²) in [5.41, 5.74) is 0. The van der Waals surface area contributed by atoms with E-state index >= 15 is 0 Å². The van der Waals surface area contributed by atoms with Crippen molar-refractivity contribution < 1.29 is 20.1 Å². The predicted molar refractivity (Wildman–Crippen MR) is 40.6 cm³/mol. The van der Waals surface area contributed by atoms with Gasteiger partial charge in [0.2, 0.25) is 4.52 Å². The SMILES string of the molecule is OCC(O)COC(Cl)(Cl)CO. The lowest BCUT2D eigenvalue weighted by Gasteiger charge is -2.18. The summed E-state index contributed by atoms with van der Waals surface area (Å²) in [7, 11) is 0. The van der Waals surface area contributed by atoms with Gasteiger partial charge in [0, 0.05) is 0 Å². The first-order chi connectivity index (χ1) is 5.02. The van der Waals surface area contributed by atoms with E-state index in [2.05, 4.69) is 4.74 Å². The van der Waals surface area contributed by atoms with Crippen LogP contribution < -0.4 is 0 Å². The molecule has 0 saturated carbocycles. The topological polar surface area (TPSA) is 69.9 Å². The molecule has 0 aromatic rings. The van der Waals surface area contributed by atoms with Gasteiger partial charge in [0.05, 0.1) is 13.2 Å². The Morgan fingerprint density at radius 3 is 2.27 bits per heavy atom. The second-order valence-corrected chi connectivity index (χ2v) is 3.36. The minimum Gasteiger partial charge on any atom is -0.394 e. The summed E-state index contributed by atoms with van der Waals surface area (Å²) in [6.45, 7) is -1.23. The Labute approximate surface area is 74.3 Å². The second-order valence-electron chi connectivity index (χ2n) is 1.94. The lowest BCUT2D eigenvalue weighted by Crippen LogP contribution is -2.29. The van der Waals surface area contributed by atoms with Crippen LogP contribution in [0.4, 0.5) is 0 Å². The van der Waals surface area contributed by atoms with Gasteiger partial charge in [0.15, 0.2) is 0 Å². The molecule has 68 valence electrons. The molecule has 0 rings (SSSR count). The van der Waals surface area contributed by atoms with E-state index in [1.165, 1.54) is 0 Å². The largest absolute Gasteiger partial charge is 0.394 e. The predicted octanol–water partition coefficient (Wildman–Crippen LogP) is -0.520. The Morgan fingerprint density at radius 1 is 1.36 bits per heavy atom. The summed E-state index contributed by atoms with van der Waals surface area (Å²) in [4.78, 5) is 0. The van der Waals surface area contributed by atoms with Gasteiger partial charge in [-0.3, -0.25) is 0 Å². The summed E-state index contributed by atoms with van der Waals surface area (Å²) in [6.07, 6.45) is -1.03. The number of aliphatic hydroxyl groups is 3. The number of alkyl halides is 2. The fraction of sp³-hybridized carbons (Fsp3) is 1.00. The third-order valence-electron chi connectivity index (χ3n) is 0.882. The second kappa shape index (κ2) is 5.13. The van der Waals surface area contributed by atoms with E-state index in [4.69, 9.17) is 38.5 Å². The molecule has 0 spiro atoms. The molecule has 11 heavy (non-hydrogen) atoms. The quantitative estimate of drug-likeness (QED) is 0.528. The van der Waals surface area contributed by atoms with Crippen molar-refractivity contribution in [2.24, 2.45) is 0 Å². The van der Waals surface area contributed by atoms with Crippen LogP contribution in [0, 0.1) is 0 Å². The molecule has 0 aromatic heterocycles. The Bertz CT molecular complexity index is 109. The summed E-state index contributed by atoms with van der Waals surface area (Å²) < 4.78 is 2.90. The number of halogens is 2. The summed E-state index contributed by atoms with van der Waals surface area (Å²) >= 11 is 10.6. The van der Waals surface area contributed by atoms with Gasteiger partial charge in [-0.2, -0.15) is 0 Å². The molecular weight excluding hydrogens is 195 g/mol. The average molecular weight is 205 g/mol. The van der Waals surface area contributed by atoms with E-state index in [-0.39, 0.29) is 6.61 Å². The molecule has 1 atom stereocenters. The van der Waals surface area contributed by atoms with Gasteiger partial charge in [-0.05, 0) is 0 Å². The van der Waals surface area contributed by atoms with Crippen LogP contribution in [-0.4, -0.2) is 45.8 Å².